The van der Waals surface area contributed by atoms with Crippen LogP contribution in [0.2, 0.25) is 0 Å². The van der Waals surface area contributed by atoms with Crippen molar-refractivity contribution >= 4 is 34.6 Å². The van der Waals surface area contributed by atoms with Crippen molar-refractivity contribution in [3.05, 3.63) is 75.0 Å². The summed E-state index contributed by atoms with van der Waals surface area (Å²) < 4.78 is 30.8. The molecule has 14 nitrogen and oxygen atoms in total. The minimum atomic E-state index is -1.42. The topological polar surface area (TPSA) is 175 Å². The van der Waals surface area contributed by atoms with Crippen LogP contribution in [0.15, 0.2) is 30.3 Å². The van der Waals surface area contributed by atoms with E-state index in [4.69, 9.17) is 23.7 Å². The average Bonchev–Trinajstić information content (AvgIpc) is 3.93. The lowest BCUT2D eigenvalue weighted by Gasteiger charge is -2.59. The minimum absolute atomic E-state index is 0.0578. The fraction of sp³-hybridized carbons (Fsp3) is 0.476. The van der Waals surface area contributed by atoms with Gasteiger partial charge in [0, 0.05) is 76.4 Å². The van der Waals surface area contributed by atoms with Gasteiger partial charge in [-0.05, 0) is 56.0 Å². The predicted molar refractivity (Wildman–Crippen MR) is 207 cm³/mol. The van der Waals surface area contributed by atoms with Crippen LogP contribution in [-0.2, 0) is 31.8 Å². The molecule has 3 aromatic carbocycles. The summed E-state index contributed by atoms with van der Waals surface area (Å²) in [5, 5.41) is 39.9. The van der Waals surface area contributed by atoms with E-state index < -0.39 is 58.2 Å². The molecular weight excluding hydrogens is 753 g/mol. The minimum Gasteiger partial charge on any atom is -0.504 e. The van der Waals surface area contributed by atoms with E-state index in [2.05, 4.69) is 33.1 Å². The Morgan fingerprint density at radius 1 is 1.11 bits per heavy atom. The summed E-state index contributed by atoms with van der Waals surface area (Å²) in [6.45, 7) is 7.05. The maximum atomic E-state index is 15.0. The van der Waals surface area contributed by atoms with Crippen LogP contribution in [0, 0.1) is 13.8 Å². The van der Waals surface area contributed by atoms with Gasteiger partial charge in [-0.15, -0.1) is 11.8 Å². The number of piperazine rings is 1. The van der Waals surface area contributed by atoms with E-state index in [9.17, 15) is 20.1 Å². The Labute approximate surface area is 332 Å². The van der Waals surface area contributed by atoms with Crippen molar-refractivity contribution in [1.82, 2.24) is 20.1 Å². The number of thioether (sulfide) groups is 1. The number of methoxy groups -OCH3 is 1. The number of aromatic nitrogens is 1. The lowest BCUT2D eigenvalue weighted by Crippen LogP contribution is -2.67. The van der Waals surface area contributed by atoms with Gasteiger partial charge in [-0.1, -0.05) is 18.2 Å². The number of carbonyl (C=O) groups is 2. The number of hydrogen-bond acceptors (Lipinski definition) is 14. The van der Waals surface area contributed by atoms with Gasteiger partial charge in [-0.2, -0.15) is 0 Å². The van der Waals surface area contributed by atoms with E-state index in [1.807, 2.05) is 38.1 Å². The molecule has 1 spiro atoms. The van der Waals surface area contributed by atoms with Crippen LogP contribution >= 0.6 is 11.8 Å². The van der Waals surface area contributed by atoms with Gasteiger partial charge in [-0.3, -0.25) is 19.9 Å². The lowest BCUT2D eigenvalue weighted by molar-refractivity contribution is -0.196. The molecule has 3 fully saturated rings. The molecule has 12 rings (SSSR count). The summed E-state index contributed by atoms with van der Waals surface area (Å²) in [5.74, 6) is 0.805. The van der Waals surface area contributed by atoms with Gasteiger partial charge in [0.25, 0.3) is 0 Å². The lowest BCUT2D eigenvalue weighted by atomic mass is 9.75. The number of aliphatic hydroxyl groups is 2. The third-order valence-corrected chi connectivity index (χ3v) is 15.3. The van der Waals surface area contributed by atoms with E-state index in [1.165, 1.54) is 18.7 Å². The first-order chi connectivity index (χ1) is 27.3. The molecule has 57 heavy (non-hydrogen) atoms. The summed E-state index contributed by atoms with van der Waals surface area (Å²) in [6.07, 6.45) is 0.812. The maximum Gasteiger partial charge on any atom is 0.333 e. The number of rotatable bonds is 3. The van der Waals surface area contributed by atoms with Crippen LogP contribution in [0.4, 0.5) is 0 Å². The van der Waals surface area contributed by atoms with E-state index in [0.717, 1.165) is 33.2 Å². The molecule has 298 valence electrons. The molecule has 1 aromatic heterocycles. The molecule has 0 aliphatic carbocycles. The van der Waals surface area contributed by atoms with Gasteiger partial charge in [0.1, 0.15) is 18.1 Å². The number of phenols is 1. The molecular formula is C42H44N4O10S. The number of nitrogens with one attached hydrogen (secondary N) is 2. The van der Waals surface area contributed by atoms with Crippen LogP contribution in [0.25, 0.3) is 10.9 Å². The Morgan fingerprint density at radius 2 is 1.89 bits per heavy atom. The Hall–Kier alpha value is -4.51. The van der Waals surface area contributed by atoms with Crippen LogP contribution in [0.3, 0.4) is 0 Å². The second kappa shape index (κ2) is 11.8. The molecule has 3 unspecified atom stereocenters. The number of esters is 2. The molecule has 0 saturated carbocycles. The maximum absolute atomic E-state index is 15.0. The van der Waals surface area contributed by atoms with Gasteiger partial charge in [-0.25, -0.2) is 4.79 Å². The number of fused-ring (bicyclic) bond motifs is 11. The van der Waals surface area contributed by atoms with Crippen molar-refractivity contribution in [2.24, 2.45) is 0 Å². The molecule has 3 saturated heterocycles. The summed E-state index contributed by atoms with van der Waals surface area (Å²) in [7, 11) is 1.55. The number of para-hydroxylation sites is 1. The Bertz CT molecular complexity index is 2470. The van der Waals surface area contributed by atoms with E-state index in [0.29, 0.717) is 58.2 Å². The number of aryl methyl sites for hydroxylation is 1. The molecule has 9 heterocycles. The number of hydrogen-bond donors (Lipinski definition) is 5. The van der Waals surface area contributed by atoms with Crippen molar-refractivity contribution in [2.75, 3.05) is 39.4 Å². The first-order valence-corrected chi connectivity index (χ1v) is 20.5. The predicted octanol–water partition coefficient (Wildman–Crippen LogP) is 3.99. The Balaban J connectivity index is 1.19. The van der Waals surface area contributed by atoms with Crippen molar-refractivity contribution in [3.63, 3.8) is 0 Å². The monoisotopic (exact) mass is 796 g/mol. The number of nitrogens with zero attached hydrogens (tertiary/aromatic N) is 2. The third-order valence-electron chi connectivity index (χ3n) is 13.9. The summed E-state index contributed by atoms with van der Waals surface area (Å²) >= 11 is 1.49. The van der Waals surface area contributed by atoms with Crippen LogP contribution in [0.1, 0.15) is 82.2 Å². The van der Waals surface area contributed by atoms with Gasteiger partial charge < -0.3 is 44.0 Å². The zero-order valence-electron chi connectivity index (χ0n) is 32.2. The highest BCUT2D eigenvalue weighted by atomic mass is 32.2. The highest BCUT2D eigenvalue weighted by Gasteiger charge is 2.72. The number of aromatic amines is 1. The number of ether oxygens (including phenoxy) is 5. The fourth-order valence-electron chi connectivity index (χ4n) is 11.8. The molecule has 0 radical (unpaired) electrons. The number of phenolic OH excluding ortho intramolecular Hbond substituents is 1. The van der Waals surface area contributed by atoms with E-state index >= 15 is 4.79 Å². The zero-order valence-corrected chi connectivity index (χ0v) is 33.0. The quantitative estimate of drug-likeness (QED) is 0.149. The van der Waals surface area contributed by atoms with Crippen LogP contribution in [-0.4, -0.2) is 99.3 Å². The molecule has 0 amide bonds. The second-order valence-electron chi connectivity index (χ2n) is 16.9. The fourth-order valence-corrected chi connectivity index (χ4v) is 13.5. The number of aromatic hydroxyl groups is 1. The Kier molecular flexibility index (Phi) is 7.37. The van der Waals surface area contributed by atoms with E-state index in [1.54, 1.807) is 7.11 Å². The van der Waals surface area contributed by atoms with Crippen molar-refractivity contribution in [3.8, 4) is 28.7 Å². The second-order valence-corrected chi connectivity index (χ2v) is 18.0. The van der Waals surface area contributed by atoms with Gasteiger partial charge in [0.2, 0.25) is 6.79 Å². The number of H-pyrrole nitrogens is 1. The first kappa shape index (κ1) is 35.6. The molecule has 15 heteroatoms. The summed E-state index contributed by atoms with van der Waals surface area (Å²) in [4.78, 5) is 36.0. The molecule has 8 aliphatic rings. The molecule has 8 atom stereocenters. The number of aliphatic hydroxyl groups excluding tert-OH is 1. The summed E-state index contributed by atoms with van der Waals surface area (Å²) in [6, 6.07) is 7.71. The third kappa shape index (κ3) is 4.39. The number of carbonyl (C=O) groups excluding carboxylic acids is 2. The zero-order chi connectivity index (χ0) is 39.5. The van der Waals surface area contributed by atoms with Crippen LogP contribution < -0.4 is 24.3 Å². The van der Waals surface area contributed by atoms with Crippen molar-refractivity contribution in [1.29, 1.82) is 0 Å². The molecule has 5 N–H and O–H groups in total. The smallest absolute Gasteiger partial charge is 0.333 e. The number of benzene rings is 3. The highest BCUT2D eigenvalue weighted by Crippen LogP contribution is 2.71. The van der Waals surface area contributed by atoms with Crippen molar-refractivity contribution < 1.29 is 48.6 Å². The van der Waals surface area contributed by atoms with E-state index in [-0.39, 0.29) is 38.1 Å². The normalized spacial score (nSPS) is 33.2. The molecule has 8 aliphatic heterocycles. The molecule has 4 aromatic rings. The summed E-state index contributed by atoms with van der Waals surface area (Å²) in [5.41, 5.74) is 3.39. The average molecular weight is 797 g/mol. The van der Waals surface area contributed by atoms with Gasteiger partial charge in [0.15, 0.2) is 28.5 Å². The van der Waals surface area contributed by atoms with Crippen molar-refractivity contribution in [2.45, 2.75) is 86.8 Å². The SMILES string of the molecule is COc1c(C)cc2c(c1O)[C@@H]1C3[C@@H]4SC[C@]5(N[C@@H](CO)Cc6c5[nH]c5ccccc65)C(=O)OCC(c5c6c(c(C)c(OC(C)=O)c54)OCO6)N3[C@]3(O)CN1C2(C)C3. The van der Waals surface area contributed by atoms with Gasteiger partial charge in [0.05, 0.1) is 36.7 Å². The van der Waals surface area contributed by atoms with Gasteiger partial charge >= 0.3 is 11.9 Å². The largest absolute Gasteiger partial charge is 0.504 e. The molecule has 4 bridgehead atoms. The standard InChI is InChI=1S/C42H44N4O10S/c1-18-10-24-27(32(49)33(18)52-5)30-31-37-29-28(36-35(54-17-55-36)19(2)34(29)56-20(3)48)26(46(31)41(51)14-40(24,4)45(30)15-41)13-53-39(50)42(16-57-37)38-23(11-21(12-47)44-42)22-8-6-7-9-25(22)43-38/h6-10,21,26,30-31,37,43-44,47,49,51H,11-17H2,1-5H3/t21-,26?,30-,31?,37-,40?,41-,42-/m1/s1. The highest BCUT2D eigenvalue weighted by molar-refractivity contribution is 7.99. The Morgan fingerprint density at radius 3 is 2.67 bits per heavy atom. The first-order valence-electron chi connectivity index (χ1n) is 19.5. The van der Waals surface area contributed by atoms with Crippen LogP contribution in [0.5, 0.6) is 28.7 Å².